The number of nitrogens with one attached hydrogen (secondary N) is 1. The molecule has 0 saturated carbocycles. The maximum atomic E-state index is 7.73. The molecule has 0 aliphatic heterocycles. The molecule has 104 valence electrons. The first-order chi connectivity index (χ1) is 10.1. The molecule has 0 unspecified atom stereocenters. The van der Waals surface area contributed by atoms with Gasteiger partial charge in [-0.05, 0) is 35.4 Å². The van der Waals surface area contributed by atoms with Crippen LogP contribution in [0.1, 0.15) is 11.1 Å². The molecule has 2 nitrogen and oxygen atoms in total. The Balaban J connectivity index is 2.04. The normalized spacial score (nSPS) is 10.7. The van der Waals surface area contributed by atoms with Gasteiger partial charge in [-0.3, -0.25) is 5.41 Å². The van der Waals surface area contributed by atoms with Gasteiger partial charge in [0.1, 0.15) is 5.84 Å². The molecule has 0 spiro atoms. The smallest absolute Gasteiger partial charge is 0.123 e. The Kier molecular flexibility index (Phi) is 3.67. The van der Waals surface area contributed by atoms with Crippen LogP contribution in [0.25, 0.3) is 10.8 Å². The van der Waals surface area contributed by atoms with E-state index in [0.717, 1.165) is 20.9 Å². The van der Waals surface area contributed by atoms with Crippen LogP contribution in [0.2, 0.25) is 0 Å². The topological polar surface area (TPSA) is 49.9 Å². The van der Waals surface area contributed by atoms with Gasteiger partial charge in [0.15, 0.2) is 0 Å². The maximum absolute atomic E-state index is 7.73. The standard InChI is InChI=1S/C18H16N2S/c1-12-5-4-8-16(18(19)20)17(12)21-15-10-9-13-6-2-3-7-14(13)11-15/h2-11H,1H3,(H3,19,20). The van der Waals surface area contributed by atoms with Crippen molar-refractivity contribution in [2.24, 2.45) is 5.73 Å². The van der Waals surface area contributed by atoms with Crippen LogP contribution in [0.15, 0.2) is 70.5 Å². The molecule has 3 N–H and O–H groups in total. The van der Waals surface area contributed by atoms with Crippen molar-refractivity contribution < 1.29 is 0 Å². The molecule has 0 atom stereocenters. The van der Waals surface area contributed by atoms with Gasteiger partial charge >= 0.3 is 0 Å². The highest BCUT2D eigenvalue weighted by Gasteiger charge is 2.10. The summed E-state index contributed by atoms with van der Waals surface area (Å²) in [6.45, 7) is 2.05. The zero-order valence-corrected chi connectivity index (χ0v) is 12.6. The third-order valence-electron chi connectivity index (χ3n) is 3.44. The second-order valence-corrected chi connectivity index (χ2v) is 6.06. The summed E-state index contributed by atoms with van der Waals surface area (Å²) in [7, 11) is 0. The predicted octanol–water partition coefficient (Wildman–Crippen LogP) is 4.58. The minimum Gasteiger partial charge on any atom is -0.384 e. The number of nitrogens with two attached hydrogens (primary N) is 1. The summed E-state index contributed by atoms with van der Waals surface area (Å²) in [6, 6.07) is 20.6. The molecule has 3 aromatic carbocycles. The van der Waals surface area contributed by atoms with E-state index >= 15 is 0 Å². The fraction of sp³-hybridized carbons (Fsp3) is 0.0556. The zero-order chi connectivity index (χ0) is 14.8. The minimum absolute atomic E-state index is 0.113. The van der Waals surface area contributed by atoms with Crippen molar-refractivity contribution in [2.75, 3.05) is 0 Å². The molecule has 0 bridgehead atoms. The molecule has 21 heavy (non-hydrogen) atoms. The molecule has 0 aliphatic carbocycles. The van der Waals surface area contributed by atoms with E-state index in [1.807, 2.05) is 24.3 Å². The molecule has 0 aromatic heterocycles. The Hall–Kier alpha value is -2.26. The monoisotopic (exact) mass is 292 g/mol. The molecule has 0 aliphatic rings. The molecular weight excluding hydrogens is 276 g/mol. The van der Waals surface area contributed by atoms with Gasteiger partial charge < -0.3 is 5.73 Å². The average molecular weight is 292 g/mol. The second kappa shape index (κ2) is 5.62. The summed E-state index contributed by atoms with van der Waals surface area (Å²) in [6.07, 6.45) is 0. The van der Waals surface area contributed by atoms with E-state index in [9.17, 15) is 0 Å². The molecule has 0 radical (unpaired) electrons. The molecule has 0 saturated heterocycles. The van der Waals surface area contributed by atoms with Gasteiger partial charge in [-0.1, -0.05) is 60.3 Å². The Morgan fingerprint density at radius 2 is 1.71 bits per heavy atom. The van der Waals surface area contributed by atoms with Crippen LogP contribution in [0.4, 0.5) is 0 Å². The van der Waals surface area contributed by atoms with Gasteiger partial charge in [0.2, 0.25) is 0 Å². The van der Waals surface area contributed by atoms with Crippen LogP contribution in [0.5, 0.6) is 0 Å². The molecule has 0 heterocycles. The molecule has 0 amide bonds. The Morgan fingerprint density at radius 1 is 0.952 bits per heavy atom. The summed E-state index contributed by atoms with van der Waals surface area (Å²) < 4.78 is 0. The van der Waals surface area contributed by atoms with Gasteiger partial charge in [-0.15, -0.1) is 0 Å². The van der Waals surface area contributed by atoms with E-state index in [-0.39, 0.29) is 5.84 Å². The molecule has 0 fully saturated rings. The lowest BCUT2D eigenvalue weighted by Crippen LogP contribution is -2.12. The van der Waals surface area contributed by atoms with Crippen LogP contribution in [-0.4, -0.2) is 5.84 Å². The first-order valence-corrected chi connectivity index (χ1v) is 7.57. The first kappa shape index (κ1) is 13.7. The Bertz CT molecular complexity index is 824. The second-order valence-electron chi connectivity index (χ2n) is 4.98. The lowest BCUT2D eigenvalue weighted by atomic mass is 10.1. The average Bonchev–Trinajstić information content (AvgIpc) is 2.49. The van der Waals surface area contributed by atoms with Crippen molar-refractivity contribution >= 4 is 28.4 Å². The quantitative estimate of drug-likeness (QED) is 0.548. The van der Waals surface area contributed by atoms with Crippen LogP contribution >= 0.6 is 11.8 Å². The van der Waals surface area contributed by atoms with E-state index in [4.69, 9.17) is 11.1 Å². The van der Waals surface area contributed by atoms with Crippen molar-refractivity contribution in [3.05, 3.63) is 71.8 Å². The number of rotatable bonds is 3. The Morgan fingerprint density at radius 3 is 2.48 bits per heavy atom. The van der Waals surface area contributed by atoms with Crippen molar-refractivity contribution in [2.45, 2.75) is 16.7 Å². The summed E-state index contributed by atoms with van der Waals surface area (Å²) in [5.41, 5.74) is 7.64. The highest BCUT2D eigenvalue weighted by Crippen LogP contribution is 2.34. The summed E-state index contributed by atoms with van der Waals surface area (Å²) in [5, 5.41) is 10.2. The van der Waals surface area contributed by atoms with Crippen molar-refractivity contribution in [1.29, 1.82) is 5.41 Å². The first-order valence-electron chi connectivity index (χ1n) is 6.76. The third kappa shape index (κ3) is 2.78. The minimum atomic E-state index is 0.113. The number of nitrogen functional groups attached to an aromatic ring is 1. The van der Waals surface area contributed by atoms with Crippen LogP contribution in [0.3, 0.4) is 0 Å². The largest absolute Gasteiger partial charge is 0.384 e. The number of benzene rings is 3. The summed E-state index contributed by atoms with van der Waals surface area (Å²) in [4.78, 5) is 2.21. The Labute approximate surface area is 128 Å². The van der Waals surface area contributed by atoms with E-state index < -0.39 is 0 Å². The van der Waals surface area contributed by atoms with Gasteiger partial charge in [-0.25, -0.2) is 0 Å². The highest BCUT2D eigenvalue weighted by molar-refractivity contribution is 7.99. The van der Waals surface area contributed by atoms with Crippen LogP contribution in [0, 0.1) is 12.3 Å². The van der Waals surface area contributed by atoms with Crippen LogP contribution < -0.4 is 5.73 Å². The molecule has 3 aromatic rings. The van der Waals surface area contributed by atoms with Gasteiger partial charge in [0.25, 0.3) is 0 Å². The van der Waals surface area contributed by atoms with Crippen LogP contribution in [-0.2, 0) is 0 Å². The number of aryl methyl sites for hydroxylation is 1. The van der Waals surface area contributed by atoms with Gasteiger partial charge in [-0.2, -0.15) is 0 Å². The predicted molar refractivity (Wildman–Crippen MR) is 90.3 cm³/mol. The van der Waals surface area contributed by atoms with Gasteiger partial charge in [0.05, 0.1) is 0 Å². The fourth-order valence-corrected chi connectivity index (χ4v) is 3.42. The molecule has 3 heteroatoms. The summed E-state index contributed by atoms with van der Waals surface area (Å²) in [5.74, 6) is 0.113. The summed E-state index contributed by atoms with van der Waals surface area (Å²) >= 11 is 1.66. The maximum Gasteiger partial charge on any atom is 0.123 e. The SMILES string of the molecule is Cc1cccc(C(=N)N)c1Sc1ccc2ccccc2c1. The lowest BCUT2D eigenvalue weighted by Gasteiger charge is -2.11. The highest BCUT2D eigenvalue weighted by atomic mass is 32.2. The van der Waals surface area contributed by atoms with E-state index in [1.165, 1.54) is 10.8 Å². The van der Waals surface area contributed by atoms with E-state index in [0.29, 0.717) is 0 Å². The number of fused-ring (bicyclic) bond motifs is 1. The van der Waals surface area contributed by atoms with Crippen molar-refractivity contribution in [3.8, 4) is 0 Å². The van der Waals surface area contributed by atoms with E-state index in [2.05, 4.69) is 43.3 Å². The third-order valence-corrected chi connectivity index (χ3v) is 4.68. The van der Waals surface area contributed by atoms with Gasteiger partial charge in [0, 0.05) is 15.4 Å². The molecular formula is C18H16N2S. The number of hydrogen-bond donors (Lipinski definition) is 2. The number of hydrogen-bond acceptors (Lipinski definition) is 2. The zero-order valence-electron chi connectivity index (χ0n) is 11.8. The van der Waals surface area contributed by atoms with Crippen molar-refractivity contribution in [1.82, 2.24) is 0 Å². The number of amidine groups is 1. The van der Waals surface area contributed by atoms with E-state index in [1.54, 1.807) is 11.8 Å². The fourth-order valence-electron chi connectivity index (χ4n) is 2.35. The molecule has 3 rings (SSSR count). The lowest BCUT2D eigenvalue weighted by molar-refractivity contribution is 1.25. The van der Waals surface area contributed by atoms with Crippen molar-refractivity contribution in [3.63, 3.8) is 0 Å².